The lowest BCUT2D eigenvalue weighted by Crippen LogP contribution is -2.21. The van der Waals surface area contributed by atoms with E-state index < -0.39 is 0 Å². The number of aliphatic hydroxyl groups is 1. The van der Waals surface area contributed by atoms with Crippen LogP contribution in [0.3, 0.4) is 0 Å². The number of likely N-dealkylation sites (tertiary alicyclic amines) is 1. The first kappa shape index (κ1) is 10.5. The first-order chi connectivity index (χ1) is 7.38. The summed E-state index contributed by atoms with van der Waals surface area (Å²) in [6.07, 6.45) is 7.37. The van der Waals surface area contributed by atoms with Crippen LogP contribution < -0.4 is 0 Å². The lowest BCUT2D eigenvalue weighted by atomic mass is 10.1. The van der Waals surface area contributed by atoms with E-state index in [1.807, 2.05) is 6.20 Å². The minimum absolute atomic E-state index is 0.309. The maximum absolute atomic E-state index is 8.86. The van der Waals surface area contributed by atoms with Crippen molar-refractivity contribution >= 4 is 0 Å². The second-order valence-corrected chi connectivity index (χ2v) is 4.10. The third-order valence-corrected chi connectivity index (χ3v) is 2.91. The molecule has 0 aliphatic carbocycles. The van der Waals surface area contributed by atoms with E-state index in [1.165, 1.54) is 6.42 Å². The molecule has 1 atom stereocenters. The van der Waals surface area contributed by atoms with Crippen LogP contribution in [0.1, 0.15) is 18.5 Å². The third-order valence-electron chi connectivity index (χ3n) is 2.91. The van der Waals surface area contributed by atoms with Gasteiger partial charge in [0, 0.05) is 38.3 Å². The molecule has 1 unspecified atom stereocenters. The molecule has 1 N–H and O–H groups in total. The molecule has 1 aliphatic heterocycles. The van der Waals surface area contributed by atoms with Gasteiger partial charge in [-0.05, 0) is 25.3 Å². The summed E-state index contributed by atoms with van der Waals surface area (Å²) in [5.41, 5.74) is 1.03. The van der Waals surface area contributed by atoms with Gasteiger partial charge in [-0.2, -0.15) is 0 Å². The Hall–Kier alpha value is -1.00. The van der Waals surface area contributed by atoms with Crippen molar-refractivity contribution in [2.24, 2.45) is 5.92 Å². The molecule has 15 heavy (non-hydrogen) atoms. The average molecular weight is 207 g/mol. The molecule has 0 radical (unpaired) electrons. The van der Waals surface area contributed by atoms with Crippen LogP contribution in [0, 0.1) is 5.92 Å². The van der Waals surface area contributed by atoms with Crippen LogP contribution in [0.5, 0.6) is 0 Å². The SMILES string of the molecule is OCCC1CCN(Cc2cnccn2)C1. The number of nitrogens with zero attached hydrogens (tertiary/aromatic N) is 3. The lowest BCUT2D eigenvalue weighted by Gasteiger charge is -2.14. The van der Waals surface area contributed by atoms with Gasteiger partial charge in [-0.1, -0.05) is 0 Å². The Kier molecular flexibility index (Phi) is 3.64. The molecule has 0 saturated carbocycles. The highest BCUT2D eigenvalue weighted by atomic mass is 16.3. The Bertz CT molecular complexity index is 291. The van der Waals surface area contributed by atoms with Crippen LogP contribution in [-0.4, -0.2) is 39.7 Å². The molecule has 4 nitrogen and oxygen atoms in total. The molecule has 2 heterocycles. The van der Waals surface area contributed by atoms with Crippen molar-refractivity contribution < 1.29 is 5.11 Å². The summed E-state index contributed by atoms with van der Waals surface area (Å²) in [5, 5.41) is 8.86. The van der Waals surface area contributed by atoms with Gasteiger partial charge < -0.3 is 5.11 Å². The fraction of sp³-hybridized carbons (Fsp3) is 0.636. The maximum Gasteiger partial charge on any atom is 0.0726 e. The fourth-order valence-corrected chi connectivity index (χ4v) is 2.12. The van der Waals surface area contributed by atoms with Gasteiger partial charge in [0.25, 0.3) is 0 Å². The lowest BCUT2D eigenvalue weighted by molar-refractivity contribution is 0.249. The number of rotatable bonds is 4. The zero-order chi connectivity index (χ0) is 10.5. The van der Waals surface area contributed by atoms with Gasteiger partial charge in [0.1, 0.15) is 0 Å². The molecule has 1 aromatic rings. The molecule has 0 amide bonds. The standard InChI is InChI=1S/C11H17N3O/c15-6-2-10-1-5-14(8-10)9-11-7-12-3-4-13-11/h3-4,7,10,15H,1-2,5-6,8-9H2. The van der Waals surface area contributed by atoms with Crippen LogP contribution in [0.25, 0.3) is 0 Å². The Morgan fingerprint density at radius 1 is 1.47 bits per heavy atom. The molecule has 1 aliphatic rings. The molecule has 1 fully saturated rings. The first-order valence-corrected chi connectivity index (χ1v) is 5.46. The fourth-order valence-electron chi connectivity index (χ4n) is 2.12. The van der Waals surface area contributed by atoms with Gasteiger partial charge in [0.05, 0.1) is 5.69 Å². The van der Waals surface area contributed by atoms with E-state index in [2.05, 4.69) is 14.9 Å². The van der Waals surface area contributed by atoms with Gasteiger partial charge in [0.2, 0.25) is 0 Å². The van der Waals surface area contributed by atoms with Gasteiger partial charge >= 0.3 is 0 Å². The van der Waals surface area contributed by atoms with Crippen LogP contribution in [0.2, 0.25) is 0 Å². The van der Waals surface area contributed by atoms with Crippen molar-refractivity contribution in [3.63, 3.8) is 0 Å². The second-order valence-electron chi connectivity index (χ2n) is 4.10. The Morgan fingerprint density at radius 2 is 2.40 bits per heavy atom. The summed E-state index contributed by atoms with van der Waals surface area (Å²) in [6, 6.07) is 0. The van der Waals surface area contributed by atoms with E-state index in [0.29, 0.717) is 12.5 Å². The number of hydrogen-bond donors (Lipinski definition) is 1. The first-order valence-electron chi connectivity index (χ1n) is 5.46. The molecule has 1 aromatic heterocycles. The predicted molar refractivity (Wildman–Crippen MR) is 57.1 cm³/mol. The molecule has 82 valence electrons. The highest BCUT2D eigenvalue weighted by molar-refractivity contribution is 4.95. The summed E-state index contributed by atoms with van der Waals surface area (Å²) in [4.78, 5) is 10.7. The quantitative estimate of drug-likeness (QED) is 0.789. The molecule has 0 spiro atoms. The molecule has 0 aromatic carbocycles. The summed E-state index contributed by atoms with van der Waals surface area (Å²) in [5.74, 6) is 0.659. The minimum Gasteiger partial charge on any atom is -0.396 e. The topological polar surface area (TPSA) is 49.2 Å². The van der Waals surface area contributed by atoms with Crippen LogP contribution in [-0.2, 0) is 6.54 Å². The average Bonchev–Trinajstić information content (AvgIpc) is 2.68. The van der Waals surface area contributed by atoms with E-state index in [0.717, 1.165) is 31.7 Å². The summed E-state index contributed by atoms with van der Waals surface area (Å²) >= 11 is 0. The molecular weight excluding hydrogens is 190 g/mol. The zero-order valence-electron chi connectivity index (χ0n) is 8.84. The zero-order valence-corrected chi connectivity index (χ0v) is 8.84. The predicted octanol–water partition coefficient (Wildman–Crippen LogP) is 0.681. The largest absolute Gasteiger partial charge is 0.396 e. The van der Waals surface area contributed by atoms with E-state index in [9.17, 15) is 0 Å². The second kappa shape index (κ2) is 5.19. The van der Waals surface area contributed by atoms with Gasteiger partial charge in [-0.3, -0.25) is 14.9 Å². The highest BCUT2D eigenvalue weighted by Gasteiger charge is 2.21. The maximum atomic E-state index is 8.86. The molecule has 4 heteroatoms. The van der Waals surface area contributed by atoms with Crippen molar-refractivity contribution in [3.05, 3.63) is 24.3 Å². The van der Waals surface area contributed by atoms with Crippen LogP contribution >= 0.6 is 0 Å². The van der Waals surface area contributed by atoms with E-state index in [4.69, 9.17) is 5.11 Å². The highest BCUT2D eigenvalue weighted by Crippen LogP contribution is 2.20. The van der Waals surface area contributed by atoms with E-state index >= 15 is 0 Å². The monoisotopic (exact) mass is 207 g/mol. The number of aromatic nitrogens is 2. The molecule has 2 rings (SSSR count). The number of aliphatic hydroxyl groups excluding tert-OH is 1. The van der Waals surface area contributed by atoms with Gasteiger partial charge in [-0.25, -0.2) is 0 Å². The van der Waals surface area contributed by atoms with Crippen molar-refractivity contribution in [2.45, 2.75) is 19.4 Å². The molecular formula is C11H17N3O. The smallest absolute Gasteiger partial charge is 0.0726 e. The number of hydrogen-bond acceptors (Lipinski definition) is 4. The Labute approximate surface area is 90.0 Å². The normalized spacial score (nSPS) is 22.1. The van der Waals surface area contributed by atoms with Crippen molar-refractivity contribution in [2.75, 3.05) is 19.7 Å². The van der Waals surface area contributed by atoms with Crippen LogP contribution in [0.15, 0.2) is 18.6 Å². The summed E-state index contributed by atoms with van der Waals surface area (Å²) < 4.78 is 0. The molecule has 1 saturated heterocycles. The van der Waals surface area contributed by atoms with Gasteiger partial charge in [0.15, 0.2) is 0 Å². The van der Waals surface area contributed by atoms with Crippen molar-refractivity contribution in [3.8, 4) is 0 Å². The summed E-state index contributed by atoms with van der Waals surface area (Å²) in [6.45, 7) is 3.39. The van der Waals surface area contributed by atoms with Crippen molar-refractivity contribution in [1.82, 2.24) is 14.9 Å². The van der Waals surface area contributed by atoms with E-state index in [1.54, 1.807) is 12.4 Å². The Balaban J connectivity index is 1.82. The Morgan fingerprint density at radius 3 is 3.13 bits per heavy atom. The van der Waals surface area contributed by atoms with Crippen molar-refractivity contribution in [1.29, 1.82) is 0 Å². The van der Waals surface area contributed by atoms with Crippen LogP contribution in [0.4, 0.5) is 0 Å². The van der Waals surface area contributed by atoms with Gasteiger partial charge in [-0.15, -0.1) is 0 Å². The third kappa shape index (κ3) is 2.97. The minimum atomic E-state index is 0.309. The summed E-state index contributed by atoms with van der Waals surface area (Å²) in [7, 11) is 0. The van der Waals surface area contributed by atoms with E-state index in [-0.39, 0.29) is 0 Å². The molecule has 0 bridgehead atoms.